The Balaban J connectivity index is 0.00000110. The summed E-state index contributed by atoms with van der Waals surface area (Å²) in [4.78, 5) is 13.8. The molecule has 3 fully saturated rings. The van der Waals surface area contributed by atoms with Crippen molar-refractivity contribution in [2.45, 2.75) is 71.9 Å². The van der Waals surface area contributed by atoms with Gasteiger partial charge in [0.05, 0.1) is 36.6 Å². The van der Waals surface area contributed by atoms with Crippen LogP contribution in [0.4, 0.5) is 14.6 Å². The topological polar surface area (TPSA) is 115 Å². The van der Waals surface area contributed by atoms with Gasteiger partial charge in [-0.25, -0.2) is 8.78 Å². The lowest BCUT2D eigenvalue weighted by Gasteiger charge is -2.33. The summed E-state index contributed by atoms with van der Waals surface area (Å²) in [5.41, 5.74) is -0.831. The first-order valence-electron chi connectivity index (χ1n) is 18.3. The molecule has 0 radical (unpaired) electrons. The lowest BCUT2D eigenvalue weighted by molar-refractivity contribution is -0.0123. The van der Waals surface area contributed by atoms with Crippen molar-refractivity contribution in [3.63, 3.8) is 0 Å². The number of halogens is 2. The van der Waals surface area contributed by atoms with E-state index in [4.69, 9.17) is 14.5 Å². The third-order valence-electron chi connectivity index (χ3n) is 10.2. The summed E-state index contributed by atoms with van der Waals surface area (Å²) in [6, 6.07) is 5.58. The standard InChI is InChI=1S/C37H41F2N5O4.C4H10/c1-5-24-27(38)9-8-22-14-23(45)15-26(28(22)24)29-31(39)33-30(25(6-2)32(29)40)34(43-12-13-47-19-36(4,46)18-43)42-35(41-33)48-20-37-10-7-11-44(37)17-21(3)16-37;1-4(2)3/h5-6,8-9,14-15,21,40,45-46H,1,7,10-13,16-20H2,2-4H3;4H,1-3H3/b25-6-,40-32?;. The molecule has 1 aromatic heterocycles. The van der Waals surface area contributed by atoms with Crippen LogP contribution in [0.1, 0.15) is 83.2 Å². The molecule has 4 heterocycles. The summed E-state index contributed by atoms with van der Waals surface area (Å²) >= 11 is 0. The number of aliphatic hydroxyl groups is 1. The van der Waals surface area contributed by atoms with Gasteiger partial charge in [-0.2, -0.15) is 9.97 Å². The molecule has 9 nitrogen and oxygen atoms in total. The van der Waals surface area contributed by atoms with Crippen molar-refractivity contribution in [2.24, 2.45) is 11.8 Å². The van der Waals surface area contributed by atoms with Crippen LogP contribution in [0.2, 0.25) is 0 Å². The number of benzene rings is 2. The molecule has 0 amide bonds. The second kappa shape index (κ2) is 14.7. The summed E-state index contributed by atoms with van der Waals surface area (Å²) in [6.45, 7) is 19.2. The van der Waals surface area contributed by atoms with Crippen LogP contribution >= 0.6 is 0 Å². The molecule has 1 aliphatic carbocycles. The molecule has 3 atom stereocenters. The van der Waals surface area contributed by atoms with Gasteiger partial charge in [-0.1, -0.05) is 52.5 Å². The maximum atomic E-state index is 17.3. The molecule has 0 saturated carbocycles. The molecule has 11 heteroatoms. The van der Waals surface area contributed by atoms with E-state index in [1.807, 2.05) is 4.90 Å². The van der Waals surface area contributed by atoms with Crippen LogP contribution in [-0.2, 0) is 4.74 Å². The van der Waals surface area contributed by atoms with Gasteiger partial charge >= 0.3 is 6.01 Å². The zero-order valence-corrected chi connectivity index (χ0v) is 31.2. The van der Waals surface area contributed by atoms with Gasteiger partial charge in [0.15, 0.2) is 5.83 Å². The van der Waals surface area contributed by atoms with Crippen molar-refractivity contribution in [3.05, 3.63) is 65.1 Å². The predicted molar refractivity (Wildman–Crippen MR) is 204 cm³/mol. The molecule has 3 aliphatic heterocycles. The van der Waals surface area contributed by atoms with Gasteiger partial charge in [-0.05, 0) is 80.6 Å². The quantitative estimate of drug-likeness (QED) is 0.236. The highest BCUT2D eigenvalue weighted by atomic mass is 19.1. The Kier molecular flexibility index (Phi) is 10.6. The largest absolute Gasteiger partial charge is 0.508 e. The van der Waals surface area contributed by atoms with Crippen LogP contribution < -0.4 is 9.64 Å². The van der Waals surface area contributed by atoms with Crippen LogP contribution in [0.5, 0.6) is 11.8 Å². The van der Waals surface area contributed by atoms with Crippen molar-refractivity contribution in [3.8, 4) is 11.8 Å². The number of ether oxygens (including phenoxy) is 2. The Morgan fingerprint density at radius 3 is 2.65 bits per heavy atom. The van der Waals surface area contributed by atoms with Crippen LogP contribution in [0.25, 0.3) is 33.8 Å². The normalized spacial score (nSPS) is 25.7. The first-order chi connectivity index (χ1) is 24.7. The number of aromatic hydroxyl groups is 1. The van der Waals surface area contributed by atoms with E-state index in [1.165, 1.54) is 30.3 Å². The number of anilines is 1. The van der Waals surface area contributed by atoms with E-state index in [-0.39, 0.29) is 58.6 Å². The molecular weight excluding hydrogens is 664 g/mol. The fourth-order valence-corrected chi connectivity index (χ4v) is 8.21. The fourth-order valence-electron chi connectivity index (χ4n) is 8.21. The van der Waals surface area contributed by atoms with Gasteiger partial charge in [-0.3, -0.25) is 10.3 Å². The Hall–Kier alpha value is -4.19. The average Bonchev–Trinajstić information content (AvgIpc) is 3.53. The van der Waals surface area contributed by atoms with E-state index >= 15 is 8.78 Å². The molecule has 2 aromatic carbocycles. The first-order valence-corrected chi connectivity index (χ1v) is 18.3. The van der Waals surface area contributed by atoms with E-state index in [2.05, 4.69) is 44.2 Å². The minimum absolute atomic E-state index is 0.00804. The molecule has 0 spiro atoms. The van der Waals surface area contributed by atoms with E-state index in [9.17, 15) is 15.6 Å². The van der Waals surface area contributed by atoms with Gasteiger partial charge in [0.25, 0.3) is 0 Å². The fraction of sp³-hybridized carbons (Fsp3) is 0.488. The minimum Gasteiger partial charge on any atom is -0.508 e. The van der Waals surface area contributed by atoms with Gasteiger partial charge in [0.2, 0.25) is 0 Å². The lowest BCUT2D eigenvalue weighted by Crippen LogP contribution is -2.44. The van der Waals surface area contributed by atoms with Crippen molar-refractivity contribution < 1.29 is 28.5 Å². The molecule has 278 valence electrons. The minimum atomic E-state index is -1.22. The number of allylic oxidation sites excluding steroid dienone is 3. The monoisotopic (exact) mass is 715 g/mol. The Morgan fingerprint density at radius 1 is 1.19 bits per heavy atom. The van der Waals surface area contributed by atoms with E-state index in [1.54, 1.807) is 19.9 Å². The Morgan fingerprint density at radius 2 is 1.94 bits per heavy atom. The van der Waals surface area contributed by atoms with Crippen LogP contribution in [0.3, 0.4) is 0 Å². The number of nitrogens with one attached hydrogen (secondary N) is 1. The molecule has 0 bridgehead atoms. The zero-order valence-electron chi connectivity index (χ0n) is 31.2. The number of phenols is 1. The predicted octanol–water partition coefficient (Wildman–Crippen LogP) is 7.90. The Bertz CT molecular complexity index is 1950. The Labute approximate surface area is 305 Å². The molecule has 3 unspecified atom stereocenters. The van der Waals surface area contributed by atoms with Gasteiger partial charge in [0.1, 0.15) is 35.3 Å². The third kappa shape index (κ3) is 7.10. The second-order valence-electron chi connectivity index (χ2n) is 15.7. The summed E-state index contributed by atoms with van der Waals surface area (Å²) in [6.07, 6.45) is 6.11. The summed E-state index contributed by atoms with van der Waals surface area (Å²) in [5.74, 6) is 0.143. The van der Waals surface area contributed by atoms with Crippen molar-refractivity contribution >= 4 is 45.4 Å². The average molecular weight is 716 g/mol. The SMILES string of the molecule is C=Cc1c(F)ccc2cc(O)cc(C3=C(F)c4nc(OCC56CCCN5CC(C)C6)nc(N5CCOCC(C)(O)C5)c4/C(=C/C)C3=N)c12.CC(C)C. The smallest absolute Gasteiger partial charge is 0.319 e. The third-order valence-corrected chi connectivity index (χ3v) is 10.2. The van der Waals surface area contributed by atoms with Gasteiger partial charge in [0, 0.05) is 35.2 Å². The van der Waals surface area contributed by atoms with Crippen molar-refractivity contribution in [2.75, 3.05) is 50.9 Å². The highest BCUT2D eigenvalue weighted by molar-refractivity contribution is 6.50. The number of hydrogen-bond donors (Lipinski definition) is 3. The maximum Gasteiger partial charge on any atom is 0.319 e. The molecular formula is C41H51F2N5O4. The van der Waals surface area contributed by atoms with E-state index in [0.717, 1.165) is 38.3 Å². The molecule has 52 heavy (non-hydrogen) atoms. The number of phenolic OH excluding ortho intramolecular Hbond substituents is 1. The summed E-state index contributed by atoms with van der Waals surface area (Å²) in [7, 11) is 0. The number of hydrogen-bond acceptors (Lipinski definition) is 9. The highest BCUT2D eigenvalue weighted by Crippen LogP contribution is 2.48. The summed E-state index contributed by atoms with van der Waals surface area (Å²) in [5, 5.41) is 32.0. The van der Waals surface area contributed by atoms with Gasteiger partial charge < -0.3 is 24.6 Å². The molecule has 3 N–H and O–H groups in total. The van der Waals surface area contributed by atoms with Crippen LogP contribution in [0, 0.1) is 23.1 Å². The molecule has 4 aliphatic rings. The number of fused-ring (bicyclic) bond motifs is 3. The van der Waals surface area contributed by atoms with Crippen molar-refractivity contribution in [1.29, 1.82) is 5.41 Å². The molecule has 3 aromatic rings. The maximum absolute atomic E-state index is 17.3. The van der Waals surface area contributed by atoms with Crippen LogP contribution in [0.15, 0.2) is 36.9 Å². The zero-order chi connectivity index (χ0) is 37.5. The molecule has 3 saturated heterocycles. The lowest BCUT2D eigenvalue weighted by atomic mass is 9.82. The first kappa shape index (κ1) is 37.6. The molecule has 7 rings (SSSR count). The number of aromatic nitrogens is 2. The van der Waals surface area contributed by atoms with E-state index in [0.29, 0.717) is 53.4 Å². The number of nitrogens with zero attached hydrogens (tertiary/aromatic N) is 4. The summed E-state index contributed by atoms with van der Waals surface area (Å²) < 4.78 is 44.5. The second-order valence-corrected chi connectivity index (χ2v) is 15.7. The highest BCUT2D eigenvalue weighted by Gasteiger charge is 2.48. The number of β-amino-alcohol motifs (C(OH)–C–C–N with tert-alkyl or cyclic N) is 1. The van der Waals surface area contributed by atoms with Crippen LogP contribution in [-0.4, -0.2) is 87.9 Å². The van der Waals surface area contributed by atoms with Gasteiger partial charge in [-0.15, -0.1) is 0 Å². The number of rotatable bonds is 6. The van der Waals surface area contributed by atoms with Crippen molar-refractivity contribution in [1.82, 2.24) is 14.9 Å². The van der Waals surface area contributed by atoms with E-state index < -0.39 is 17.2 Å².